The topological polar surface area (TPSA) is 65.7 Å². The van der Waals surface area contributed by atoms with Crippen LogP contribution in [0.4, 0.5) is 5.82 Å². The molecular weight excluding hydrogens is 294 g/mol. The molecule has 0 N–H and O–H groups in total. The molecular formula is C16H19N5S. The number of anilines is 1. The number of hydrogen-bond acceptors (Lipinski definition) is 6. The smallest absolute Gasteiger partial charge is 0.163 e. The van der Waals surface area contributed by atoms with Gasteiger partial charge in [0.15, 0.2) is 11.5 Å². The fourth-order valence-electron chi connectivity index (χ4n) is 2.77. The fraction of sp³-hybridized carbons (Fsp3) is 0.500. The lowest BCUT2D eigenvalue weighted by Gasteiger charge is -2.32. The molecule has 0 saturated carbocycles. The molecule has 22 heavy (non-hydrogen) atoms. The lowest BCUT2D eigenvalue weighted by atomic mass is 9.94. The molecule has 0 radical (unpaired) electrons. The second kappa shape index (κ2) is 6.84. The van der Waals surface area contributed by atoms with E-state index in [-0.39, 0.29) is 0 Å². The molecule has 0 bridgehead atoms. The average molecular weight is 313 g/mol. The second-order valence-electron chi connectivity index (χ2n) is 5.61. The van der Waals surface area contributed by atoms with Gasteiger partial charge in [-0.2, -0.15) is 5.26 Å². The largest absolute Gasteiger partial charge is 0.355 e. The van der Waals surface area contributed by atoms with Crippen LogP contribution in [0.25, 0.3) is 0 Å². The van der Waals surface area contributed by atoms with Crippen molar-refractivity contribution in [2.24, 2.45) is 5.92 Å². The van der Waals surface area contributed by atoms with Crippen LogP contribution in [0.1, 0.15) is 36.2 Å². The maximum absolute atomic E-state index is 8.76. The maximum atomic E-state index is 8.76. The summed E-state index contributed by atoms with van der Waals surface area (Å²) in [7, 11) is 0. The Morgan fingerprint density at radius 3 is 2.73 bits per heavy atom. The van der Waals surface area contributed by atoms with Crippen LogP contribution in [-0.4, -0.2) is 28.3 Å². The zero-order valence-corrected chi connectivity index (χ0v) is 13.5. The molecule has 1 fully saturated rings. The van der Waals surface area contributed by atoms with Crippen LogP contribution in [0.15, 0.2) is 17.5 Å². The molecule has 0 atom stereocenters. The van der Waals surface area contributed by atoms with Crippen molar-refractivity contribution in [3.63, 3.8) is 0 Å². The van der Waals surface area contributed by atoms with Gasteiger partial charge in [-0.15, -0.1) is 21.5 Å². The van der Waals surface area contributed by atoms with Gasteiger partial charge in [-0.3, -0.25) is 0 Å². The summed E-state index contributed by atoms with van der Waals surface area (Å²) < 4.78 is 0. The SMILES string of the molecule is CCc1csc(CC2CCN(c3ccc(C#N)nn3)CC2)n1. The molecule has 2 aromatic rings. The first-order valence-electron chi connectivity index (χ1n) is 7.70. The van der Waals surface area contributed by atoms with Crippen molar-refractivity contribution < 1.29 is 0 Å². The van der Waals surface area contributed by atoms with Gasteiger partial charge >= 0.3 is 0 Å². The summed E-state index contributed by atoms with van der Waals surface area (Å²) in [5.41, 5.74) is 1.58. The first-order valence-corrected chi connectivity index (χ1v) is 8.58. The van der Waals surface area contributed by atoms with Crippen LogP contribution in [0, 0.1) is 17.2 Å². The van der Waals surface area contributed by atoms with Crippen molar-refractivity contribution in [1.29, 1.82) is 5.26 Å². The summed E-state index contributed by atoms with van der Waals surface area (Å²) >= 11 is 1.79. The molecule has 1 aliphatic rings. The molecule has 0 aliphatic carbocycles. The van der Waals surface area contributed by atoms with Crippen LogP contribution >= 0.6 is 11.3 Å². The number of aromatic nitrogens is 3. The van der Waals surface area contributed by atoms with E-state index in [0.717, 1.165) is 44.6 Å². The van der Waals surface area contributed by atoms with Crippen molar-refractivity contribution in [1.82, 2.24) is 15.2 Å². The highest BCUT2D eigenvalue weighted by Crippen LogP contribution is 2.25. The van der Waals surface area contributed by atoms with Gasteiger partial charge < -0.3 is 4.90 Å². The number of nitrogens with zero attached hydrogens (tertiary/aromatic N) is 5. The zero-order chi connectivity index (χ0) is 15.4. The normalized spacial score (nSPS) is 15.7. The third-order valence-corrected chi connectivity index (χ3v) is 5.05. The van der Waals surface area contributed by atoms with Gasteiger partial charge in [0.1, 0.15) is 6.07 Å². The number of thiazole rings is 1. The number of hydrogen-bond donors (Lipinski definition) is 0. The number of rotatable bonds is 4. The standard InChI is InChI=1S/C16H19N5S/c1-2-13-11-22-16(18-13)9-12-5-7-21(8-6-12)15-4-3-14(10-17)19-20-15/h3-4,11-12H,2,5-9H2,1H3. The third-order valence-electron chi connectivity index (χ3n) is 4.13. The van der Waals surface area contributed by atoms with Crippen molar-refractivity contribution in [2.45, 2.75) is 32.6 Å². The minimum absolute atomic E-state index is 0.370. The minimum Gasteiger partial charge on any atom is -0.355 e. The summed E-state index contributed by atoms with van der Waals surface area (Å²) in [5.74, 6) is 1.58. The Balaban J connectivity index is 1.54. The predicted molar refractivity (Wildman–Crippen MR) is 86.9 cm³/mol. The Hall–Kier alpha value is -2.00. The predicted octanol–water partition coefficient (Wildman–Crippen LogP) is 2.83. The molecule has 1 saturated heterocycles. The van der Waals surface area contributed by atoms with Crippen LogP contribution in [0.3, 0.4) is 0 Å². The Morgan fingerprint density at radius 1 is 1.32 bits per heavy atom. The molecule has 0 amide bonds. The third kappa shape index (κ3) is 3.42. The minimum atomic E-state index is 0.370. The summed E-state index contributed by atoms with van der Waals surface area (Å²) in [5, 5.41) is 20.3. The van der Waals surface area contributed by atoms with Crippen molar-refractivity contribution >= 4 is 17.2 Å². The highest BCUT2D eigenvalue weighted by molar-refractivity contribution is 7.09. The van der Waals surface area contributed by atoms with E-state index in [2.05, 4.69) is 32.4 Å². The molecule has 1 aliphatic heterocycles. The molecule has 0 aromatic carbocycles. The lowest BCUT2D eigenvalue weighted by Crippen LogP contribution is -2.35. The van der Waals surface area contributed by atoms with Crippen LogP contribution in [0.2, 0.25) is 0 Å². The fourth-order valence-corrected chi connectivity index (χ4v) is 3.77. The molecule has 114 valence electrons. The Morgan fingerprint density at radius 2 is 2.14 bits per heavy atom. The van der Waals surface area contributed by atoms with Gasteiger partial charge in [-0.25, -0.2) is 4.98 Å². The van der Waals surface area contributed by atoms with E-state index < -0.39 is 0 Å². The quantitative estimate of drug-likeness (QED) is 0.868. The van der Waals surface area contributed by atoms with Crippen LogP contribution < -0.4 is 4.90 Å². The summed E-state index contributed by atoms with van der Waals surface area (Å²) in [4.78, 5) is 6.93. The van der Waals surface area contributed by atoms with Crippen LogP contribution in [-0.2, 0) is 12.8 Å². The monoisotopic (exact) mass is 313 g/mol. The van der Waals surface area contributed by atoms with Gasteiger partial charge in [0.25, 0.3) is 0 Å². The van der Waals surface area contributed by atoms with E-state index in [0.29, 0.717) is 11.6 Å². The first kappa shape index (κ1) is 14.9. The van der Waals surface area contributed by atoms with E-state index in [1.54, 1.807) is 17.4 Å². The van der Waals surface area contributed by atoms with Gasteiger partial charge in [0.05, 0.1) is 10.7 Å². The van der Waals surface area contributed by atoms with E-state index in [1.165, 1.54) is 10.7 Å². The maximum Gasteiger partial charge on any atom is 0.163 e. The molecule has 0 spiro atoms. The van der Waals surface area contributed by atoms with E-state index in [1.807, 2.05) is 12.1 Å². The Kier molecular flexibility index (Phi) is 4.64. The summed E-state index contributed by atoms with van der Waals surface area (Å²) in [6.45, 7) is 4.14. The van der Waals surface area contributed by atoms with Crippen molar-refractivity contribution in [2.75, 3.05) is 18.0 Å². The van der Waals surface area contributed by atoms with Gasteiger partial charge in [0, 0.05) is 24.9 Å². The van der Waals surface area contributed by atoms with Gasteiger partial charge in [0.2, 0.25) is 0 Å². The molecule has 6 heteroatoms. The second-order valence-corrected chi connectivity index (χ2v) is 6.55. The first-order chi connectivity index (χ1) is 10.8. The number of piperidine rings is 1. The molecule has 3 heterocycles. The Bertz CT molecular complexity index is 650. The molecule has 3 rings (SSSR count). The number of aryl methyl sites for hydroxylation is 1. The highest BCUT2D eigenvalue weighted by atomic mass is 32.1. The van der Waals surface area contributed by atoms with Crippen molar-refractivity contribution in [3.8, 4) is 6.07 Å². The Labute approximate surface area is 134 Å². The average Bonchev–Trinajstić information content (AvgIpc) is 3.03. The molecule has 0 unspecified atom stereocenters. The molecule has 2 aromatic heterocycles. The lowest BCUT2D eigenvalue weighted by molar-refractivity contribution is 0.401. The van der Waals surface area contributed by atoms with Crippen molar-refractivity contribution in [3.05, 3.63) is 33.9 Å². The summed E-state index contributed by atoms with van der Waals surface area (Å²) in [6.07, 6.45) is 4.43. The molecule has 5 nitrogen and oxygen atoms in total. The summed E-state index contributed by atoms with van der Waals surface area (Å²) in [6, 6.07) is 5.62. The van der Waals surface area contributed by atoms with Crippen LogP contribution in [0.5, 0.6) is 0 Å². The van der Waals surface area contributed by atoms with E-state index in [9.17, 15) is 0 Å². The highest BCUT2D eigenvalue weighted by Gasteiger charge is 2.21. The number of nitriles is 1. The van der Waals surface area contributed by atoms with Gasteiger partial charge in [-0.1, -0.05) is 6.92 Å². The van der Waals surface area contributed by atoms with E-state index in [4.69, 9.17) is 5.26 Å². The zero-order valence-electron chi connectivity index (χ0n) is 12.7. The van der Waals surface area contributed by atoms with E-state index >= 15 is 0 Å². The van der Waals surface area contributed by atoms with Gasteiger partial charge in [-0.05, 0) is 37.3 Å².